The van der Waals surface area contributed by atoms with E-state index in [0.29, 0.717) is 17.5 Å². The van der Waals surface area contributed by atoms with E-state index >= 15 is 0 Å². The van der Waals surface area contributed by atoms with Crippen LogP contribution in [0.4, 0.5) is 5.13 Å². The van der Waals surface area contributed by atoms with Crippen LogP contribution in [0.5, 0.6) is 11.5 Å². The molecule has 138 valence electrons. The summed E-state index contributed by atoms with van der Waals surface area (Å²) in [5.41, 5.74) is 1.35. The lowest BCUT2D eigenvalue weighted by atomic mass is 9.85. The Morgan fingerprint density at radius 1 is 1.19 bits per heavy atom. The molecule has 5 nitrogen and oxygen atoms in total. The number of anilines is 1. The number of hydrogen-bond donors (Lipinski definition) is 1. The van der Waals surface area contributed by atoms with Gasteiger partial charge in [-0.05, 0) is 49.9 Å². The van der Waals surface area contributed by atoms with E-state index in [9.17, 15) is 0 Å². The second-order valence-electron chi connectivity index (χ2n) is 7.07. The van der Waals surface area contributed by atoms with Crippen LogP contribution in [0.3, 0.4) is 0 Å². The number of nitriles is 1. The minimum absolute atomic E-state index is 0.378. The lowest BCUT2D eigenvalue weighted by Gasteiger charge is -2.28. The zero-order valence-electron chi connectivity index (χ0n) is 15.3. The minimum atomic E-state index is 0.378. The second kappa shape index (κ2) is 7.93. The average Bonchev–Trinajstić information content (AvgIpc) is 3.10. The molecule has 0 unspecified atom stereocenters. The van der Waals surface area contributed by atoms with Crippen LogP contribution in [-0.4, -0.2) is 16.0 Å². The van der Waals surface area contributed by atoms with Crippen molar-refractivity contribution in [2.75, 3.05) is 5.32 Å². The molecule has 6 heteroatoms. The molecular weight excluding hydrogens is 356 g/mol. The number of pyridine rings is 1. The summed E-state index contributed by atoms with van der Waals surface area (Å²) in [6, 6.07) is 11.7. The monoisotopic (exact) mass is 378 g/mol. The molecule has 1 fully saturated rings. The summed E-state index contributed by atoms with van der Waals surface area (Å²) in [5.74, 6) is 2.10. The Bertz CT molecular complexity index is 954. The number of rotatable bonds is 5. The van der Waals surface area contributed by atoms with Crippen LogP contribution >= 0.6 is 11.3 Å². The molecule has 1 aromatic carbocycles. The number of benzene rings is 1. The Kier molecular flexibility index (Phi) is 5.21. The summed E-state index contributed by atoms with van der Waals surface area (Å²) < 4.78 is 6.95. The van der Waals surface area contributed by atoms with E-state index in [4.69, 9.17) is 15.0 Å². The number of nitrogens with one attached hydrogen (secondary N) is 1. The van der Waals surface area contributed by atoms with Crippen molar-refractivity contribution in [1.29, 1.82) is 5.26 Å². The molecule has 0 bridgehead atoms. The fraction of sp³-hybridized carbons (Fsp3) is 0.381. The third kappa shape index (κ3) is 4.20. The summed E-state index contributed by atoms with van der Waals surface area (Å²) in [6.07, 6.45) is 8.27. The summed E-state index contributed by atoms with van der Waals surface area (Å²) in [6.45, 7) is 2.27. The van der Waals surface area contributed by atoms with E-state index in [1.807, 2.05) is 24.3 Å². The van der Waals surface area contributed by atoms with Gasteiger partial charge in [0.2, 0.25) is 0 Å². The first-order chi connectivity index (χ1) is 13.2. The van der Waals surface area contributed by atoms with Crippen molar-refractivity contribution in [3.8, 4) is 17.6 Å². The molecule has 3 aromatic rings. The molecular formula is C21H22N4OS. The molecule has 1 aliphatic carbocycles. The third-order valence-electron chi connectivity index (χ3n) is 5.15. The SMILES string of the molecule is C[C@H](Nc1nc2ccc(Oc3ccc(C#N)nc3)cc2s1)C1CCCCC1. The van der Waals surface area contributed by atoms with Crippen molar-refractivity contribution < 1.29 is 4.74 Å². The quantitative estimate of drug-likeness (QED) is 0.613. The number of thiazole rings is 1. The van der Waals surface area contributed by atoms with E-state index in [1.165, 1.54) is 32.1 Å². The molecule has 4 rings (SSSR count). The van der Waals surface area contributed by atoms with E-state index in [-0.39, 0.29) is 0 Å². The van der Waals surface area contributed by atoms with Gasteiger partial charge in [-0.25, -0.2) is 9.97 Å². The lowest BCUT2D eigenvalue weighted by Crippen LogP contribution is -2.27. The molecule has 0 spiro atoms. The number of ether oxygens (including phenoxy) is 1. The largest absolute Gasteiger partial charge is 0.456 e. The first-order valence-electron chi connectivity index (χ1n) is 9.42. The Labute approximate surface area is 163 Å². The topological polar surface area (TPSA) is 70.8 Å². The van der Waals surface area contributed by atoms with Gasteiger partial charge in [0.15, 0.2) is 5.13 Å². The highest BCUT2D eigenvalue weighted by Crippen LogP contribution is 2.33. The van der Waals surface area contributed by atoms with E-state index in [0.717, 1.165) is 27.0 Å². The number of aromatic nitrogens is 2. The number of nitrogens with zero attached hydrogens (tertiary/aromatic N) is 3. The second-order valence-corrected chi connectivity index (χ2v) is 8.10. The van der Waals surface area contributed by atoms with Crippen LogP contribution in [0.1, 0.15) is 44.7 Å². The Balaban J connectivity index is 1.46. The highest BCUT2D eigenvalue weighted by molar-refractivity contribution is 7.22. The fourth-order valence-corrected chi connectivity index (χ4v) is 4.61. The van der Waals surface area contributed by atoms with Gasteiger partial charge in [0.1, 0.15) is 23.3 Å². The van der Waals surface area contributed by atoms with Gasteiger partial charge in [0.25, 0.3) is 0 Å². The van der Waals surface area contributed by atoms with E-state index < -0.39 is 0 Å². The molecule has 27 heavy (non-hydrogen) atoms. The predicted octanol–water partition coefficient (Wildman–Crippen LogP) is 5.74. The highest BCUT2D eigenvalue weighted by atomic mass is 32.1. The summed E-state index contributed by atoms with van der Waals surface area (Å²) in [4.78, 5) is 8.75. The van der Waals surface area contributed by atoms with Gasteiger partial charge in [-0.1, -0.05) is 30.6 Å². The summed E-state index contributed by atoms with van der Waals surface area (Å²) in [5, 5.41) is 13.4. The van der Waals surface area contributed by atoms with Crippen molar-refractivity contribution in [3.63, 3.8) is 0 Å². The van der Waals surface area contributed by atoms with E-state index in [1.54, 1.807) is 29.7 Å². The van der Waals surface area contributed by atoms with Gasteiger partial charge in [-0.15, -0.1) is 0 Å². The standard InChI is InChI=1S/C21H22N4OS/c1-14(15-5-3-2-4-6-15)24-21-25-19-10-9-17(11-20(19)27-21)26-18-8-7-16(12-22)23-13-18/h7-11,13-15H,2-6H2,1H3,(H,24,25)/t14-/m0/s1. The zero-order chi connectivity index (χ0) is 18.6. The molecule has 0 amide bonds. The Hall–Kier alpha value is -2.65. The molecule has 0 radical (unpaired) electrons. The summed E-state index contributed by atoms with van der Waals surface area (Å²) >= 11 is 1.66. The maximum absolute atomic E-state index is 8.82. The molecule has 1 saturated carbocycles. The maximum atomic E-state index is 8.82. The van der Waals surface area contributed by atoms with Crippen LogP contribution in [-0.2, 0) is 0 Å². The first-order valence-corrected chi connectivity index (χ1v) is 10.2. The number of hydrogen-bond acceptors (Lipinski definition) is 6. The van der Waals surface area contributed by atoms with E-state index in [2.05, 4.69) is 17.2 Å². The van der Waals surface area contributed by atoms with Crippen LogP contribution < -0.4 is 10.1 Å². The fourth-order valence-electron chi connectivity index (χ4n) is 3.62. The normalized spacial score (nSPS) is 16.0. The molecule has 2 aromatic heterocycles. The molecule has 2 heterocycles. The molecule has 1 atom stereocenters. The van der Waals surface area contributed by atoms with Gasteiger partial charge in [-0.2, -0.15) is 5.26 Å². The van der Waals surface area contributed by atoms with Crippen LogP contribution in [0.25, 0.3) is 10.2 Å². The van der Waals surface area contributed by atoms with Crippen LogP contribution in [0, 0.1) is 17.2 Å². The Morgan fingerprint density at radius 2 is 2.00 bits per heavy atom. The smallest absolute Gasteiger partial charge is 0.184 e. The minimum Gasteiger partial charge on any atom is -0.456 e. The van der Waals surface area contributed by atoms with Gasteiger partial charge >= 0.3 is 0 Å². The molecule has 0 aliphatic heterocycles. The Morgan fingerprint density at radius 3 is 2.74 bits per heavy atom. The van der Waals surface area contributed by atoms with Crippen molar-refractivity contribution in [2.24, 2.45) is 5.92 Å². The zero-order valence-corrected chi connectivity index (χ0v) is 16.1. The van der Waals surface area contributed by atoms with Crippen LogP contribution in [0.2, 0.25) is 0 Å². The van der Waals surface area contributed by atoms with Crippen molar-refractivity contribution in [3.05, 3.63) is 42.2 Å². The van der Waals surface area contributed by atoms with Gasteiger partial charge in [-0.3, -0.25) is 0 Å². The van der Waals surface area contributed by atoms with Gasteiger partial charge in [0, 0.05) is 12.1 Å². The van der Waals surface area contributed by atoms with Gasteiger partial charge < -0.3 is 10.1 Å². The highest BCUT2D eigenvalue weighted by Gasteiger charge is 2.20. The molecule has 0 saturated heterocycles. The van der Waals surface area contributed by atoms with Crippen molar-refractivity contribution in [1.82, 2.24) is 9.97 Å². The first kappa shape index (κ1) is 17.7. The number of fused-ring (bicyclic) bond motifs is 1. The van der Waals surface area contributed by atoms with Crippen LogP contribution in [0.15, 0.2) is 36.5 Å². The summed E-state index contributed by atoms with van der Waals surface area (Å²) in [7, 11) is 0. The van der Waals surface area contributed by atoms with Crippen molar-refractivity contribution in [2.45, 2.75) is 45.1 Å². The molecule has 1 aliphatic rings. The predicted molar refractivity (Wildman–Crippen MR) is 108 cm³/mol. The van der Waals surface area contributed by atoms with Crippen molar-refractivity contribution >= 4 is 26.7 Å². The molecule has 1 N–H and O–H groups in total. The maximum Gasteiger partial charge on any atom is 0.184 e. The van der Waals surface area contributed by atoms with Gasteiger partial charge in [0.05, 0.1) is 16.4 Å². The lowest BCUT2D eigenvalue weighted by molar-refractivity contribution is 0.328. The third-order valence-corrected chi connectivity index (χ3v) is 6.10. The average molecular weight is 379 g/mol.